The third kappa shape index (κ3) is 4.35. The van der Waals surface area contributed by atoms with Gasteiger partial charge in [-0.05, 0) is 32.9 Å². The minimum Gasteiger partial charge on any atom is -0.339 e. The molecule has 1 aliphatic heterocycles. The zero-order chi connectivity index (χ0) is 19.4. The molecule has 1 aliphatic rings. The molecule has 2 heterocycles. The van der Waals surface area contributed by atoms with Gasteiger partial charge in [-0.15, -0.1) is 10.2 Å². The number of carbonyl (C=O) groups is 1. The van der Waals surface area contributed by atoms with Crippen LogP contribution in [0.5, 0.6) is 0 Å². The highest BCUT2D eigenvalue weighted by Crippen LogP contribution is 2.29. The van der Waals surface area contributed by atoms with Crippen molar-refractivity contribution in [1.29, 1.82) is 0 Å². The van der Waals surface area contributed by atoms with Gasteiger partial charge in [-0.25, -0.2) is 0 Å². The number of nitrogens with zero attached hydrogens (tertiary/aromatic N) is 5. The minimum atomic E-state index is -0.169. The number of benzene rings is 1. The van der Waals surface area contributed by atoms with Gasteiger partial charge in [0.1, 0.15) is 0 Å². The second-order valence-electron chi connectivity index (χ2n) is 6.88. The maximum Gasteiger partial charge on any atom is 0.235 e. The van der Waals surface area contributed by atoms with Gasteiger partial charge in [0.2, 0.25) is 5.91 Å². The van der Waals surface area contributed by atoms with Crippen molar-refractivity contribution in [2.24, 2.45) is 0 Å². The number of aryl methyl sites for hydroxylation is 1. The summed E-state index contributed by atoms with van der Waals surface area (Å²) in [4.78, 5) is 17.2. The molecule has 6 nitrogen and oxygen atoms in total. The Morgan fingerprint density at radius 3 is 2.44 bits per heavy atom. The van der Waals surface area contributed by atoms with E-state index >= 15 is 0 Å². The molecule has 1 aromatic carbocycles. The molecule has 0 spiro atoms. The minimum absolute atomic E-state index is 0.169. The molecule has 1 saturated heterocycles. The fraction of sp³-hybridized carbons (Fsp3) is 0.550. The van der Waals surface area contributed by atoms with Crippen LogP contribution in [-0.4, -0.2) is 68.4 Å². The number of rotatable bonds is 6. The van der Waals surface area contributed by atoms with Crippen LogP contribution in [0.4, 0.5) is 0 Å². The van der Waals surface area contributed by atoms with Gasteiger partial charge in [0.25, 0.3) is 0 Å². The molecule has 0 bridgehead atoms. The van der Waals surface area contributed by atoms with Gasteiger partial charge >= 0.3 is 0 Å². The van der Waals surface area contributed by atoms with Crippen LogP contribution in [0.3, 0.4) is 0 Å². The second-order valence-corrected chi connectivity index (χ2v) is 8.19. The molecule has 1 fully saturated rings. The Bertz CT molecular complexity index is 782. The molecule has 1 aromatic heterocycles. The van der Waals surface area contributed by atoms with Crippen molar-refractivity contribution < 1.29 is 4.79 Å². The molecule has 7 heteroatoms. The van der Waals surface area contributed by atoms with Crippen molar-refractivity contribution in [1.82, 2.24) is 24.6 Å². The van der Waals surface area contributed by atoms with Crippen LogP contribution in [0, 0.1) is 6.92 Å². The lowest BCUT2D eigenvalue weighted by Gasteiger charge is -2.35. The Labute approximate surface area is 165 Å². The highest BCUT2D eigenvalue weighted by atomic mass is 32.2. The first-order valence-corrected chi connectivity index (χ1v) is 10.6. The molecule has 0 radical (unpaired) electrons. The van der Waals surface area contributed by atoms with E-state index in [1.54, 1.807) is 0 Å². The summed E-state index contributed by atoms with van der Waals surface area (Å²) in [6.45, 7) is 13.7. The van der Waals surface area contributed by atoms with E-state index in [-0.39, 0.29) is 11.2 Å². The Hall–Kier alpha value is -1.86. The lowest BCUT2D eigenvalue weighted by atomic mass is 10.1. The molecular weight excluding hydrogens is 358 g/mol. The number of likely N-dealkylation sites (N-methyl/N-ethyl adjacent to an activating group) is 1. The van der Waals surface area contributed by atoms with Gasteiger partial charge < -0.3 is 14.4 Å². The number of thioether (sulfide) groups is 1. The first kappa shape index (κ1) is 19.9. The largest absolute Gasteiger partial charge is 0.339 e. The van der Waals surface area contributed by atoms with Crippen molar-refractivity contribution in [3.8, 4) is 11.4 Å². The molecule has 3 rings (SSSR count). The predicted octanol–water partition coefficient (Wildman–Crippen LogP) is 2.92. The molecular formula is C20H29N5OS. The van der Waals surface area contributed by atoms with Crippen LogP contribution in [0.1, 0.15) is 26.3 Å². The average Bonchev–Trinajstić information content (AvgIpc) is 3.10. The predicted molar refractivity (Wildman–Crippen MR) is 110 cm³/mol. The van der Waals surface area contributed by atoms with Crippen LogP contribution in [0.25, 0.3) is 11.4 Å². The summed E-state index contributed by atoms with van der Waals surface area (Å²) in [6, 6.07) is 8.20. The third-order valence-electron chi connectivity index (χ3n) is 5.18. The van der Waals surface area contributed by atoms with Crippen molar-refractivity contribution >= 4 is 17.7 Å². The van der Waals surface area contributed by atoms with E-state index in [0.717, 1.165) is 55.8 Å². The SMILES string of the molecule is CCN1CCN(C(=O)[C@H](C)Sc2nnc(-c3ccccc3C)n2CC)CC1. The van der Waals surface area contributed by atoms with Gasteiger partial charge in [-0.3, -0.25) is 4.79 Å². The van der Waals surface area contributed by atoms with Crippen LogP contribution in [0.15, 0.2) is 29.4 Å². The fourth-order valence-corrected chi connectivity index (χ4v) is 4.43. The fourth-order valence-electron chi connectivity index (χ4n) is 3.43. The highest BCUT2D eigenvalue weighted by Gasteiger charge is 2.27. The Balaban J connectivity index is 1.72. The number of amides is 1. The van der Waals surface area contributed by atoms with Crippen molar-refractivity contribution in [2.45, 2.75) is 44.6 Å². The van der Waals surface area contributed by atoms with E-state index in [1.165, 1.54) is 17.3 Å². The second kappa shape index (κ2) is 8.89. The van der Waals surface area contributed by atoms with Crippen molar-refractivity contribution in [3.63, 3.8) is 0 Å². The Kier molecular flexibility index (Phi) is 6.55. The topological polar surface area (TPSA) is 54.3 Å². The maximum atomic E-state index is 12.9. The normalized spacial score (nSPS) is 16.5. The molecule has 0 aliphatic carbocycles. The standard InChI is InChI=1S/C20H29N5OS/c1-5-23-11-13-24(14-12-23)19(26)16(4)27-20-22-21-18(25(20)6-2)17-10-8-7-9-15(17)3/h7-10,16H,5-6,11-14H2,1-4H3/t16-/m0/s1. The van der Waals surface area contributed by atoms with Gasteiger partial charge in [0.05, 0.1) is 5.25 Å². The lowest BCUT2D eigenvalue weighted by Crippen LogP contribution is -2.50. The van der Waals surface area contributed by atoms with Gasteiger partial charge in [0.15, 0.2) is 11.0 Å². The van der Waals surface area contributed by atoms with Crippen LogP contribution in [-0.2, 0) is 11.3 Å². The number of carbonyl (C=O) groups excluding carboxylic acids is 1. The third-order valence-corrected chi connectivity index (χ3v) is 6.25. The van der Waals surface area contributed by atoms with Crippen LogP contribution in [0.2, 0.25) is 0 Å². The van der Waals surface area contributed by atoms with Gasteiger partial charge in [0, 0.05) is 38.3 Å². The number of piperazine rings is 1. The number of hydrogen-bond donors (Lipinski definition) is 0. The average molecular weight is 388 g/mol. The number of aromatic nitrogens is 3. The molecule has 27 heavy (non-hydrogen) atoms. The van der Waals surface area contributed by atoms with Crippen LogP contribution >= 0.6 is 11.8 Å². The summed E-state index contributed by atoms with van der Waals surface area (Å²) in [5.41, 5.74) is 2.27. The zero-order valence-electron chi connectivity index (χ0n) is 16.7. The molecule has 146 valence electrons. The van der Waals surface area contributed by atoms with Crippen LogP contribution < -0.4 is 0 Å². The molecule has 1 atom stereocenters. The quantitative estimate of drug-likeness (QED) is 0.714. The molecule has 2 aromatic rings. The summed E-state index contributed by atoms with van der Waals surface area (Å²) in [7, 11) is 0. The van der Waals surface area contributed by atoms with Crippen molar-refractivity contribution in [2.75, 3.05) is 32.7 Å². The molecule has 0 N–H and O–H groups in total. The summed E-state index contributed by atoms with van der Waals surface area (Å²) in [6.07, 6.45) is 0. The monoisotopic (exact) mass is 387 g/mol. The summed E-state index contributed by atoms with van der Waals surface area (Å²) in [5, 5.41) is 9.46. The Morgan fingerprint density at radius 2 is 1.81 bits per heavy atom. The lowest BCUT2D eigenvalue weighted by molar-refractivity contribution is -0.132. The van der Waals surface area contributed by atoms with E-state index in [9.17, 15) is 4.79 Å². The molecule has 1 amide bonds. The van der Waals surface area contributed by atoms with Gasteiger partial charge in [-0.2, -0.15) is 0 Å². The zero-order valence-corrected chi connectivity index (χ0v) is 17.5. The smallest absolute Gasteiger partial charge is 0.235 e. The van der Waals surface area contributed by atoms with E-state index < -0.39 is 0 Å². The Morgan fingerprint density at radius 1 is 1.11 bits per heavy atom. The highest BCUT2D eigenvalue weighted by molar-refractivity contribution is 8.00. The summed E-state index contributed by atoms with van der Waals surface area (Å²) >= 11 is 1.51. The van der Waals surface area contributed by atoms with Crippen molar-refractivity contribution in [3.05, 3.63) is 29.8 Å². The van der Waals surface area contributed by atoms with E-state index in [2.05, 4.69) is 52.6 Å². The van der Waals surface area contributed by atoms with Gasteiger partial charge in [-0.1, -0.05) is 43.0 Å². The molecule has 0 unspecified atom stereocenters. The summed E-state index contributed by atoms with van der Waals surface area (Å²) in [5.74, 6) is 1.06. The first-order chi connectivity index (χ1) is 13.0. The van der Waals surface area contributed by atoms with E-state index in [0.29, 0.717) is 0 Å². The number of hydrogen-bond acceptors (Lipinski definition) is 5. The summed E-state index contributed by atoms with van der Waals surface area (Å²) < 4.78 is 2.10. The molecule has 0 saturated carbocycles. The van der Waals surface area contributed by atoms with E-state index in [1.807, 2.05) is 24.0 Å². The van der Waals surface area contributed by atoms with E-state index in [4.69, 9.17) is 0 Å². The maximum absolute atomic E-state index is 12.9. The first-order valence-electron chi connectivity index (χ1n) is 9.72.